The van der Waals surface area contributed by atoms with Crippen molar-refractivity contribution in [2.75, 3.05) is 0 Å². The molecule has 0 aromatic heterocycles. The molecule has 0 amide bonds. The van der Waals surface area contributed by atoms with Crippen LogP contribution in [0.2, 0.25) is 0 Å². The fraction of sp³-hybridized carbons (Fsp3) is 0.320. The number of Topliss-reactive ketones (excluding diaryl/α,β-unsaturated/α-hetero) is 1. The maximum atomic E-state index is 14.0. The molecule has 2 aromatic rings. The molecule has 1 N–H and O–H groups in total. The number of hydrogen-bond acceptors (Lipinski definition) is 4. The van der Waals surface area contributed by atoms with Crippen molar-refractivity contribution in [3.05, 3.63) is 64.4 Å². The van der Waals surface area contributed by atoms with E-state index in [1.807, 2.05) is 12.8 Å². The fourth-order valence-electron chi connectivity index (χ4n) is 3.73. The summed E-state index contributed by atoms with van der Waals surface area (Å²) in [7, 11) is 0. The minimum Gasteiger partial charge on any atom is -0.508 e. The van der Waals surface area contributed by atoms with Gasteiger partial charge in [-0.1, -0.05) is 18.9 Å². The van der Waals surface area contributed by atoms with Crippen LogP contribution in [0.15, 0.2) is 36.1 Å². The standard InChI is InChI=1S/C25H24F2O4/c1-7-14-9-10-15(30-16-12-19(26)17(8-2)20(27)13-16)11-18(14)21-22(28)24(3,4)31-25(5,6)23(21)29/h2,9-13,28H,7H2,1,3-6H3. The fourth-order valence-corrected chi connectivity index (χ4v) is 3.73. The van der Waals surface area contributed by atoms with Crippen LogP contribution >= 0.6 is 0 Å². The lowest BCUT2D eigenvalue weighted by Gasteiger charge is -2.40. The molecule has 0 aliphatic carbocycles. The molecule has 0 fully saturated rings. The van der Waals surface area contributed by atoms with Crippen molar-refractivity contribution in [3.8, 4) is 23.8 Å². The molecule has 0 bridgehead atoms. The first kappa shape index (κ1) is 22.5. The average molecular weight is 426 g/mol. The van der Waals surface area contributed by atoms with Gasteiger partial charge in [-0.05, 0) is 57.4 Å². The van der Waals surface area contributed by atoms with Crippen molar-refractivity contribution in [1.82, 2.24) is 0 Å². The van der Waals surface area contributed by atoms with Crippen molar-refractivity contribution in [2.45, 2.75) is 52.2 Å². The number of carbonyl (C=O) groups is 1. The van der Waals surface area contributed by atoms with Gasteiger partial charge in [-0.3, -0.25) is 4.79 Å². The van der Waals surface area contributed by atoms with Gasteiger partial charge in [0.25, 0.3) is 0 Å². The van der Waals surface area contributed by atoms with Crippen LogP contribution < -0.4 is 4.74 Å². The zero-order valence-electron chi connectivity index (χ0n) is 18.1. The van der Waals surface area contributed by atoms with Crippen molar-refractivity contribution in [2.24, 2.45) is 0 Å². The summed E-state index contributed by atoms with van der Waals surface area (Å²) in [5, 5.41) is 10.9. The molecular formula is C25H24F2O4. The maximum Gasteiger partial charge on any atom is 0.198 e. The molecule has 1 aliphatic heterocycles. The van der Waals surface area contributed by atoms with Gasteiger partial charge in [0.2, 0.25) is 0 Å². The Bertz CT molecular complexity index is 1110. The van der Waals surface area contributed by atoms with Gasteiger partial charge in [0.1, 0.15) is 40.1 Å². The predicted molar refractivity (Wildman–Crippen MR) is 114 cm³/mol. The zero-order valence-corrected chi connectivity index (χ0v) is 18.1. The van der Waals surface area contributed by atoms with Gasteiger partial charge in [0.05, 0.1) is 11.1 Å². The third kappa shape index (κ3) is 4.06. The molecule has 6 heteroatoms. The van der Waals surface area contributed by atoms with E-state index in [0.717, 1.165) is 17.7 Å². The molecule has 0 saturated heterocycles. The Balaban J connectivity index is 2.12. The van der Waals surface area contributed by atoms with Gasteiger partial charge in [0.15, 0.2) is 5.78 Å². The number of aliphatic hydroxyl groups excluding tert-OH is 1. The van der Waals surface area contributed by atoms with Crippen LogP contribution in [0.3, 0.4) is 0 Å². The Labute approximate surface area is 180 Å². The monoisotopic (exact) mass is 426 g/mol. The second kappa shape index (κ2) is 7.82. The quantitative estimate of drug-likeness (QED) is 0.635. The number of terminal acetylenes is 1. The number of aliphatic hydroxyl groups is 1. The normalized spacial score (nSPS) is 17.4. The first-order chi connectivity index (χ1) is 14.4. The molecular weight excluding hydrogens is 402 g/mol. The number of carbonyl (C=O) groups excluding carboxylic acids is 1. The Kier molecular flexibility index (Phi) is 5.68. The summed E-state index contributed by atoms with van der Waals surface area (Å²) in [5.74, 6) is -0.251. The Morgan fingerprint density at radius 1 is 1.06 bits per heavy atom. The van der Waals surface area contributed by atoms with Crippen LogP contribution in [0.5, 0.6) is 11.5 Å². The molecule has 1 aliphatic rings. The molecule has 162 valence electrons. The summed E-state index contributed by atoms with van der Waals surface area (Å²) < 4.78 is 39.5. The number of ketones is 1. The topological polar surface area (TPSA) is 55.8 Å². The molecule has 3 rings (SSSR count). The first-order valence-electron chi connectivity index (χ1n) is 9.86. The number of rotatable bonds is 4. The van der Waals surface area contributed by atoms with E-state index in [0.29, 0.717) is 12.0 Å². The van der Waals surface area contributed by atoms with Gasteiger partial charge in [-0.15, -0.1) is 6.42 Å². The lowest BCUT2D eigenvalue weighted by molar-refractivity contribution is -0.158. The molecule has 0 spiro atoms. The summed E-state index contributed by atoms with van der Waals surface area (Å²) in [4.78, 5) is 13.1. The molecule has 4 nitrogen and oxygen atoms in total. The highest BCUT2D eigenvalue weighted by molar-refractivity contribution is 6.26. The molecule has 0 radical (unpaired) electrons. The smallest absolute Gasteiger partial charge is 0.198 e. The Hall–Kier alpha value is -3.17. The lowest BCUT2D eigenvalue weighted by Crippen LogP contribution is -2.49. The number of aryl methyl sites for hydroxylation is 1. The molecule has 2 aromatic carbocycles. The van der Waals surface area contributed by atoms with Gasteiger partial charge in [-0.2, -0.15) is 0 Å². The summed E-state index contributed by atoms with van der Waals surface area (Å²) in [6.45, 7) is 8.57. The highest BCUT2D eigenvalue weighted by atomic mass is 19.1. The van der Waals surface area contributed by atoms with E-state index < -0.39 is 28.4 Å². The number of halogens is 2. The van der Waals surface area contributed by atoms with Crippen molar-refractivity contribution in [3.63, 3.8) is 0 Å². The summed E-state index contributed by atoms with van der Waals surface area (Å²) in [6, 6.07) is 6.94. The largest absolute Gasteiger partial charge is 0.508 e. The van der Waals surface area contributed by atoms with Gasteiger partial charge < -0.3 is 14.6 Å². The highest BCUT2D eigenvalue weighted by Crippen LogP contribution is 2.42. The molecule has 31 heavy (non-hydrogen) atoms. The van der Waals surface area contributed by atoms with Crippen molar-refractivity contribution < 1.29 is 28.2 Å². The minimum absolute atomic E-state index is 0.0821. The average Bonchev–Trinajstić information content (AvgIpc) is 2.66. The molecule has 1 heterocycles. The van der Waals surface area contributed by atoms with Crippen molar-refractivity contribution in [1.29, 1.82) is 0 Å². The van der Waals surface area contributed by atoms with Crippen LogP contribution in [0.4, 0.5) is 8.78 Å². The van der Waals surface area contributed by atoms with Crippen LogP contribution in [-0.4, -0.2) is 22.1 Å². The summed E-state index contributed by atoms with van der Waals surface area (Å²) >= 11 is 0. The van der Waals surface area contributed by atoms with Crippen molar-refractivity contribution >= 4 is 11.4 Å². The highest BCUT2D eigenvalue weighted by Gasteiger charge is 2.47. The Morgan fingerprint density at radius 2 is 1.68 bits per heavy atom. The van der Waals surface area contributed by atoms with Crippen LogP contribution in [-0.2, 0) is 16.0 Å². The minimum atomic E-state index is -1.15. The Morgan fingerprint density at radius 3 is 2.23 bits per heavy atom. The zero-order chi connectivity index (χ0) is 23.1. The van der Waals surface area contributed by atoms with Gasteiger partial charge in [-0.25, -0.2) is 8.78 Å². The molecule has 0 atom stereocenters. The number of benzene rings is 2. The number of ether oxygens (including phenoxy) is 2. The summed E-state index contributed by atoms with van der Waals surface area (Å²) in [6.07, 6.45) is 5.70. The van der Waals surface area contributed by atoms with E-state index in [4.69, 9.17) is 15.9 Å². The van der Waals surface area contributed by atoms with E-state index >= 15 is 0 Å². The van der Waals surface area contributed by atoms with E-state index in [-0.39, 0.29) is 28.6 Å². The maximum absolute atomic E-state index is 14.0. The van der Waals surface area contributed by atoms with E-state index in [2.05, 4.69) is 0 Å². The summed E-state index contributed by atoms with van der Waals surface area (Å²) in [5.41, 5.74) is -1.27. The molecule has 0 saturated carbocycles. The third-order valence-corrected chi connectivity index (χ3v) is 5.22. The van der Waals surface area contributed by atoms with Crippen LogP contribution in [0, 0.1) is 24.0 Å². The first-order valence-corrected chi connectivity index (χ1v) is 9.86. The van der Waals surface area contributed by atoms with E-state index in [1.165, 1.54) is 0 Å². The van der Waals surface area contributed by atoms with Gasteiger partial charge >= 0.3 is 0 Å². The van der Waals surface area contributed by atoms with Crippen LogP contribution in [0.1, 0.15) is 51.3 Å². The van der Waals surface area contributed by atoms with Gasteiger partial charge in [0, 0.05) is 12.1 Å². The predicted octanol–water partition coefficient (Wildman–Crippen LogP) is 5.73. The van der Waals surface area contributed by atoms with E-state index in [1.54, 1.807) is 45.9 Å². The number of hydrogen-bond donors (Lipinski definition) is 1. The second-order valence-electron chi connectivity index (χ2n) is 8.36. The molecule has 0 unspecified atom stereocenters. The van der Waals surface area contributed by atoms with E-state index in [9.17, 15) is 18.7 Å². The lowest BCUT2D eigenvalue weighted by atomic mass is 9.81. The SMILES string of the molecule is C#Cc1c(F)cc(Oc2ccc(CC)c(C3=C(O)C(C)(C)OC(C)(C)C3=O)c2)cc1F. The third-order valence-electron chi connectivity index (χ3n) is 5.22. The van der Waals surface area contributed by atoms with Crippen LogP contribution in [0.25, 0.3) is 5.57 Å². The second-order valence-corrected chi connectivity index (χ2v) is 8.36.